The second-order valence-corrected chi connectivity index (χ2v) is 8.83. The summed E-state index contributed by atoms with van der Waals surface area (Å²) in [6, 6.07) is -4.76. The number of aromatic amines is 1. The van der Waals surface area contributed by atoms with Crippen molar-refractivity contribution < 1.29 is 29.4 Å². The number of guanidine groups is 1. The van der Waals surface area contributed by atoms with Gasteiger partial charge in [0, 0.05) is 24.9 Å². The minimum absolute atomic E-state index is 0.0464. The Balaban J connectivity index is 3.00. The Labute approximate surface area is 215 Å². The monoisotopic (exact) mass is 525 g/mol. The SMILES string of the molecule is CCC(C)C(NC(=O)C(N)CCCN=C(N)N)C(=O)NC(Cc1cnc[nH]1)C(=O)NC(C(=O)O)C(C)O. The van der Waals surface area contributed by atoms with Crippen LogP contribution in [0.25, 0.3) is 0 Å². The van der Waals surface area contributed by atoms with Crippen LogP contribution in [-0.2, 0) is 25.6 Å². The summed E-state index contributed by atoms with van der Waals surface area (Å²) in [7, 11) is 0. The Hall–Kier alpha value is -3.72. The Bertz CT molecular complexity index is 918. The summed E-state index contributed by atoms with van der Waals surface area (Å²) in [5, 5.41) is 26.5. The smallest absolute Gasteiger partial charge is 0.328 e. The van der Waals surface area contributed by atoms with Gasteiger partial charge >= 0.3 is 5.97 Å². The summed E-state index contributed by atoms with van der Waals surface area (Å²) in [4.78, 5) is 60.8. The van der Waals surface area contributed by atoms with Crippen molar-refractivity contribution in [2.24, 2.45) is 28.1 Å². The lowest BCUT2D eigenvalue weighted by molar-refractivity contribution is -0.145. The first-order valence-corrected chi connectivity index (χ1v) is 12.0. The van der Waals surface area contributed by atoms with E-state index in [1.165, 1.54) is 19.4 Å². The Kier molecular flexibility index (Phi) is 13.0. The van der Waals surface area contributed by atoms with Crippen molar-refractivity contribution in [2.75, 3.05) is 6.54 Å². The number of H-pyrrole nitrogens is 1. The number of carbonyl (C=O) groups is 4. The number of aliphatic carboxylic acids is 1. The fourth-order valence-electron chi connectivity index (χ4n) is 3.34. The molecule has 0 saturated carbocycles. The summed E-state index contributed by atoms with van der Waals surface area (Å²) < 4.78 is 0. The quantitative estimate of drug-likeness (QED) is 0.0612. The Morgan fingerprint density at radius 1 is 1.08 bits per heavy atom. The zero-order chi connectivity index (χ0) is 28.1. The molecular formula is C22H39N9O6. The number of nitrogens with two attached hydrogens (primary N) is 3. The third-order valence-electron chi connectivity index (χ3n) is 5.76. The number of carboxylic acid groups (broad SMARTS) is 1. The normalized spacial score (nSPS) is 15.8. The van der Waals surface area contributed by atoms with Crippen molar-refractivity contribution in [3.8, 4) is 0 Å². The minimum atomic E-state index is -1.59. The van der Waals surface area contributed by atoms with Crippen molar-refractivity contribution in [3.63, 3.8) is 0 Å². The summed E-state index contributed by atoms with van der Waals surface area (Å²) >= 11 is 0. The van der Waals surface area contributed by atoms with E-state index >= 15 is 0 Å². The maximum absolute atomic E-state index is 13.3. The third-order valence-corrected chi connectivity index (χ3v) is 5.76. The fraction of sp³-hybridized carbons (Fsp3) is 0.636. The topological polar surface area (TPSA) is 264 Å². The van der Waals surface area contributed by atoms with Crippen LogP contribution in [0.4, 0.5) is 0 Å². The number of aliphatic hydroxyl groups excluding tert-OH is 1. The highest BCUT2D eigenvalue weighted by Crippen LogP contribution is 2.11. The van der Waals surface area contributed by atoms with Gasteiger partial charge in [0.15, 0.2) is 12.0 Å². The Morgan fingerprint density at radius 3 is 2.24 bits per heavy atom. The molecule has 3 amide bonds. The first-order valence-electron chi connectivity index (χ1n) is 12.0. The van der Waals surface area contributed by atoms with Gasteiger partial charge in [-0.2, -0.15) is 0 Å². The predicted molar refractivity (Wildman–Crippen MR) is 135 cm³/mol. The van der Waals surface area contributed by atoms with Crippen LogP contribution in [-0.4, -0.2) is 86.6 Å². The van der Waals surface area contributed by atoms with Crippen LogP contribution in [0.1, 0.15) is 45.7 Å². The number of hydrogen-bond acceptors (Lipinski definition) is 8. The van der Waals surface area contributed by atoms with Gasteiger partial charge in [-0.05, 0) is 25.7 Å². The van der Waals surface area contributed by atoms with Crippen molar-refractivity contribution in [1.82, 2.24) is 25.9 Å². The molecule has 1 heterocycles. The molecule has 1 aromatic heterocycles. The molecule has 6 atom stereocenters. The van der Waals surface area contributed by atoms with Crippen LogP contribution in [0.3, 0.4) is 0 Å². The highest BCUT2D eigenvalue weighted by molar-refractivity contribution is 5.94. The average molecular weight is 526 g/mol. The fourth-order valence-corrected chi connectivity index (χ4v) is 3.34. The van der Waals surface area contributed by atoms with Gasteiger partial charge in [-0.25, -0.2) is 9.78 Å². The van der Waals surface area contributed by atoms with Crippen molar-refractivity contribution in [1.29, 1.82) is 0 Å². The molecule has 0 saturated heterocycles. The number of carboxylic acids is 1. The first kappa shape index (κ1) is 31.3. The summed E-state index contributed by atoms with van der Waals surface area (Å²) in [6.45, 7) is 5.11. The molecule has 12 N–H and O–H groups in total. The minimum Gasteiger partial charge on any atom is -0.480 e. The van der Waals surface area contributed by atoms with E-state index < -0.39 is 54.0 Å². The average Bonchev–Trinajstić information content (AvgIpc) is 3.34. The lowest BCUT2D eigenvalue weighted by atomic mass is 9.96. The van der Waals surface area contributed by atoms with Gasteiger partial charge in [0.1, 0.15) is 12.1 Å². The highest BCUT2D eigenvalue weighted by atomic mass is 16.4. The number of aliphatic imine (C=N–C) groups is 1. The number of hydrogen-bond donors (Lipinski definition) is 9. The van der Waals surface area contributed by atoms with Crippen molar-refractivity contribution in [3.05, 3.63) is 18.2 Å². The number of rotatable bonds is 16. The molecule has 1 rings (SSSR count). The van der Waals surface area contributed by atoms with E-state index in [0.717, 1.165) is 0 Å². The summed E-state index contributed by atoms with van der Waals surface area (Å²) in [5.41, 5.74) is 17.0. The van der Waals surface area contributed by atoms with E-state index in [2.05, 4.69) is 30.9 Å². The molecule has 0 aliphatic rings. The number of nitrogens with zero attached hydrogens (tertiary/aromatic N) is 2. The van der Waals surface area contributed by atoms with Crippen LogP contribution in [0.15, 0.2) is 17.5 Å². The zero-order valence-electron chi connectivity index (χ0n) is 21.3. The van der Waals surface area contributed by atoms with Crippen LogP contribution in [0.5, 0.6) is 0 Å². The second-order valence-electron chi connectivity index (χ2n) is 8.83. The number of nitrogens with one attached hydrogen (secondary N) is 4. The largest absolute Gasteiger partial charge is 0.480 e. The third kappa shape index (κ3) is 10.8. The maximum atomic E-state index is 13.3. The molecule has 0 aromatic carbocycles. The predicted octanol–water partition coefficient (Wildman–Crippen LogP) is -2.70. The van der Waals surface area contributed by atoms with Gasteiger partial charge in [0.05, 0.1) is 18.5 Å². The van der Waals surface area contributed by atoms with Crippen molar-refractivity contribution >= 4 is 29.7 Å². The second kappa shape index (κ2) is 15.4. The molecule has 0 bridgehead atoms. The first-order chi connectivity index (χ1) is 17.4. The number of imidazole rings is 1. The van der Waals surface area contributed by atoms with Crippen LogP contribution >= 0.6 is 0 Å². The molecule has 15 nitrogen and oxygen atoms in total. The Morgan fingerprint density at radius 2 is 1.73 bits per heavy atom. The number of aromatic nitrogens is 2. The number of amides is 3. The summed E-state index contributed by atoms with van der Waals surface area (Å²) in [6.07, 6.45) is 2.66. The molecule has 0 aliphatic carbocycles. The van der Waals surface area contributed by atoms with E-state index in [9.17, 15) is 29.4 Å². The molecule has 6 unspecified atom stereocenters. The zero-order valence-corrected chi connectivity index (χ0v) is 21.3. The van der Waals surface area contributed by atoms with Crippen LogP contribution in [0, 0.1) is 5.92 Å². The molecule has 208 valence electrons. The van der Waals surface area contributed by atoms with Crippen LogP contribution < -0.4 is 33.2 Å². The highest BCUT2D eigenvalue weighted by Gasteiger charge is 2.33. The van der Waals surface area contributed by atoms with E-state index in [4.69, 9.17) is 17.2 Å². The van der Waals surface area contributed by atoms with Crippen LogP contribution in [0.2, 0.25) is 0 Å². The molecule has 0 radical (unpaired) electrons. The molecular weight excluding hydrogens is 486 g/mol. The van der Waals surface area contributed by atoms with Gasteiger partial charge in [-0.15, -0.1) is 0 Å². The molecule has 0 aliphatic heterocycles. The van der Waals surface area contributed by atoms with Gasteiger partial charge in [-0.3, -0.25) is 19.4 Å². The van der Waals surface area contributed by atoms with E-state index in [1.54, 1.807) is 6.92 Å². The summed E-state index contributed by atoms with van der Waals surface area (Å²) in [5.74, 6) is -3.87. The molecule has 15 heteroatoms. The number of aliphatic hydroxyl groups is 1. The molecule has 1 aromatic rings. The van der Waals surface area contributed by atoms with E-state index in [1.807, 2.05) is 6.92 Å². The number of carbonyl (C=O) groups excluding carboxylic acids is 3. The van der Waals surface area contributed by atoms with Crippen molar-refractivity contribution in [2.45, 2.75) is 76.7 Å². The molecule has 0 spiro atoms. The lowest BCUT2D eigenvalue weighted by Crippen LogP contribution is -2.60. The maximum Gasteiger partial charge on any atom is 0.328 e. The van der Waals surface area contributed by atoms with Gasteiger partial charge in [0.25, 0.3) is 0 Å². The van der Waals surface area contributed by atoms with Gasteiger partial charge in [-0.1, -0.05) is 20.3 Å². The standard InChI is InChI=1S/C22H39N9O6/c1-4-11(2)16(30-18(33)14(23)6-5-7-27-22(24)25)20(35)29-15(8-13-9-26-10-28-13)19(34)31-17(12(3)32)21(36)37/h9-12,14-17,32H,4-8,23H2,1-3H3,(H,26,28)(H,29,35)(H,30,33)(H,31,34)(H,36,37)(H4,24,25,27). The lowest BCUT2D eigenvalue weighted by Gasteiger charge is -2.28. The van der Waals surface area contributed by atoms with Gasteiger partial charge < -0.3 is 48.3 Å². The van der Waals surface area contributed by atoms with E-state index in [0.29, 0.717) is 25.1 Å². The van der Waals surface area contributed by atoms with Gasteiger partial charge in [0.2, 0.25) is 17.7 Å². The van der Waals surface area contributed by atoms with E-state index in [-0.39, 0.29) is 24.7 Å². The molecule has 0 fully saturated rings. The molecule has 37 heavy (non-hydrogen) atoms.